The molecule has 0 fully saturated rings. The Morgan fingerprint density at radius 3 is 2.26 bits per heavy atom. The first-order valence-corrected chi connectivity index (χ1v) is 10.2. The van der Waals surface area contributed by atoms with E-state index in [1.54, 1.807) is 5.01 Å². The molecule has 3 rings (SSSR count). The lowest BCUT2D eigenvalue weighted by Crippen LogP contribution is -2.33. The van der Waals surface area contributed by atoms with Gasteiger partial charge in [0.1, 0.15) is 11.8 Å². The van der Waals surface area contributed by atoms with E-state index >= 15 is 0 Å². The first kappa shape index (κ1) is 18.8. The van der Waals surface area contributed by atoms with Crippen LogP contribution in [-0.4, -0.2) is 38.1 Å². The average Bonchev–Trinajstić information content (AvgIpc) is 3.08. The van der Waals surface area contributed by atoms with Crippen molar-refractivity contribution in [2.24, 2.45) is 5.10 Å². The molecule has 1 heterocycles. The summed E-state index contributed by atoms with van der Waals surface area (Å²) in [7, 11) is -3.30. The summed E-state index contributed by atoms with van der Waals surface area (Å²) in [6.07, 6.45) is 1.32. The maximum atomic E-state index is 12.5. The van der Waals surface area contributed by atoms with Crippen LogP contribution in [0.25, 0.3) is 0 Å². The maximum Gasteiger partial charge on any atom is 0.271 e. The molecule has 0 spiro atoms. The number of rotatable bonds is 5. The van der Waals surface area contributed by atoms with Crippen LogP contribution in [0.1, 0.15) is 13.3 Å². The van der Waals surface area contributed by atoms with E-state index in [0.29, 0.717) is 5.69 Å². The minimum atomic E-state index is -3.30. The van der Waals surface area contributed by atoms with Gasteiger partial charge >= 0.3 is 0 Å². The Kier molecular flexibility index (Phi) is 5.09. The molecule has 1 amide bonds. The zero-order valence-electron chi connectivity index (χ0n) is 14.9. The number of ketones is 1. The molecule has 27 heavy (non-hydrogen) atoms. The number of hydrogen-bond acceptors (Lipinski definition) is 6. The van der Waals surface area contributed by atoms with Gasteiger partial charge < -0.3 is 5.32 Å². The van der Waals surface area contributed by atoms with Crippen LogP contribution >= 0.6 is 0 Å². The first-order chi connectivity index (χ1) is 12.8. The predicted molar refractivity (Wildman–Crippen MR) is 104 cm³/mol. The zero-order chi connectivity index (χ0) is 19.6. The highest BCUT2D eigenvalue weighted by Gasteiger charge is 2.34. The molecule has 1 unspecified atom stereocenters. The number of amides is 1. The number of benzene rings is 2. The molecule has 7 nitrogen and oxygen atoms in total. The number of hydrogen-bond donors (Lipinski definition) is 1. The molecular weight excluding hydrogens is 366 g/mol. The SMILES string of the molecule is CC(=O)C1CC(C(=O)Nc2ccc(S(C)(=O)=O)cc2)=NN1c1ccccc1. The van der Waals surface area contributed by atoms with Gasteiger partial charge in [0.15, 0.2) is 15.6 Å². The summed E-state index contributed by atoms with van der Waals surface area (Å²) in [6.45, 7) is 1.47. The molecule has 1 N–H and O–H groups in total. The number of nitrogens with one attached hydrogen (secondary N) is 1. The van der Waals surface area contributed by atoms with Gasteiger partial charge in [-0.15, -0.1) is 0 Å². The van der Waals surface area contributed by atoms with Gasteiger partial charge in [0.2, 0.25) is 0 Å². The van der Waals surface area contributed by atoms with Gasteiger partial charge in [-0.2, -0.15) is 5.10 Å². The molecule has 0 aromatic heterocycles. The second kappa shape index (κ2) is 7.32. The quantitative estimate of drug-likeness (QED) is 0.852. The summed E-state index contributed by atoms with van der Waals surface area (Å²) in [6, 6.07) is 14.5. The third-order valence-corrected chi connectivity index (χ3v) is 5.33. The molecule has 0 aliphatic carbocycles. The van der Waals surface area contributed by atoms with Crippen molar-refractivity contribution in [3.8, 4) is 0 Å². The van der Waals surface area contributed by atoms with E-state index in [1.165, 1.54) is 31.2 Å². The Morgan fingerprint density at radius 2 is 1.70 bits per heavy atom. The van der Waals surface area contributed by atoms with Crippen LogP contribution in [0.4, 0.5) is 11.4 Å². The van der Waals surface area contributed by atoms with Gasteiger partial charge in [0.25, 0.3) is 5.91 Å². The third-order valence-electron chi connectivity index (χ3n) is 4.20. The fraction of sp³-hybridized carbons (Fsp3) is 0.211. The van der Waals surface area contributed by atoms with Crippen molar-refractivity contribution >= 4 is 38.6 Å². The Bertz CT molecular complexity index is 999. The Morgan fingerprint density at radius 1 is 1.07 bits per heavy atom. The van der Waals surface area contributed by atoms with Crippen LogP contribution in [0.5, 0.6) is 0 Å². The summed E-state index contributed by atoms with van der Waals surface area (Å²) < 4.78 is 23.0. The van der Waals surface area contributed by atoms with E-state index < -0.39 is 21.8 Å². The fourth-order valence-electron chi connectivity index (χ4n) is 2.77. The molecule has 0 radical (unpaired) electrons. The molecule has 8 heteroatoms. The third kappa shape index (κ3) is 4.22. The monoisotopic (exact) mass is 385 g/mol. The highest BCUT2D eigenvalue weighted by atomic mass is 32.2. The number of carbonyl (C=O) groups is 2. The van der Waals surface area contributed by atoms with Crippen molar-refractivity contribution in [3.05, 3.63) is 54.6 Å². The molecule has 0 bridgehead atoms. The smallest absolute Gasteiger partial charge is 0.271 e. The van der Waals surface area contributed by atoms with Crippen LogP contribution in [0, 0.1) is 0 Å². The number of para-hydroxylation sites is 1. The van der Waals surface area contributed by atoms with Crippen molar-refractivity contribution < 1.29 is 18.0 Å². The largest absolute Gasteiger partial charge is 0.321 e. The van der Waals surface area contributed by atoms with Crippen molar-refractivity contribution in [1.82, 2.24) is 0 Å². The fourth-order valence-corrected chi connectivity index (χ4v) is 3.40. The number of Topliss-reactive ketones (excluding diaryl/α,β-unsaturated/α-hetero) is 1. The highest BCUT2D eigenvalue weighted by molar-refractivity contribution is 7.90. The summed E-state index contributed by atoms with van der Waals surface area (Å²) in [4.78, 5) is 24.7. The minimum Gasteiger partial charge on any atom is -0.321 e. The van der Waals surface area contributed by atoms with Crippen LogP contribution in [0.3, 0.4) is 0 Å². The van der Waals surface area contributed by atoms with Gasteiger partial charge in [-0.25, -0.2) is 8.42 Å². The van der Waals surface area contributed by atoms with Crippen LogP contribution < -0.4 is 10.3 Å². The van der Waals surface area contributed by atoms with E-state index in [0.717, 1.165) is 11.9 Å². The number of hydrazone groups is 1. The van der Waals surface area contributed by atoms with E-state index in [-0.39, 0.29) is 22.8 Å². The van der Waals surface area contributed by atoms with Crippen molar-refractivity contribution in [2.75, 3.05) is 16.6 Å². The molecule has 1 aliphatic heterocycles. The van der Waals surface area contributed by atoms with Gasteiger partial charge in [0, 0.05) is 18.4 Å². The second-order valence-electron chi connectivity index (χ2n) is 6.31. The molecule has 2 aromatic rings. The van der Waals surface area contributed by atoms with E-state index in [1.807, 2.05) is 30.3 Å². The lowest BCUT2D eigenvalue weighted by molar-refractivity contribution is -0.118. The van der Waals surface area contributed by atoms with Crippen LogP contribution in [0.15, 0.2) is 64.6 Å². The van der Waals surface area contributed by atoms with Crippen LogP contribution in [-0.2, 0) is 19.4 Å². The Hall–Kier alpha value is -3.00. The summed E-state index contributed by atoms with van der Waals surface area (Å²) in [5.74, 6) is -0.505. The topological polar surface area (TPSA) is 95.9 Å². The van der Waals surface area contributed by atoms with E-state index in [9.17, 15) is 18.0 Å². The van der Waals surface area contributed by atoms with Crippen molar-refractivity contribution in [3.63, 3.8) is 0 Å². The molecule has 0 saturated heterocycles. The molecule has 2 aromatic carbocycles. The molecule has 1 aliphatic rings. The molecule has 0 saturated carbocycles. The number of nitrogens with zero attached hydrogens (tertiary/aromatic N) is 2. The Labute approximate surface area is 157 Å². The van der Waals surface area contributed by atoms with Gasteiger partial charge in [-0.3, -0.25) is 14.6 Å². The second-order valence-corrected chi connectivity index (χ2v) is 8.32. The van der Waals surface area contributed by atoms with Gasteiger partial charge in [-0.1, -0.05) is 18.2 Å². The van der Waals surface area contributed by atoms with E-state index in [2.05, 4.69) is 10.4 Å². The number of sulfone groups is 1. The normalized spacial score (nSPS) is 16.7. The minimum absolute atomic E-state index is 0.0806. The standard InChI is InChI=1S/C19H19N3O4S/c1-13(23)18-12-17(21-22(18)15-6-4-3-5-7-15)19(24)20-14-8-10-16(11-9-14)27(2,25)26/h3-11,18H,12H2,1-2H3,(H,20,24). The summed E-state index contributed by atoms with van der Waals surface area (Å²) >= 11 is 0. The van der Waals surface area contributed by atoms with Crippen LogP contribution in [0.2, 0.25) is 0 Å². The van der Waals surface area contributed by atoms with Gasteiger partial charge in [-0.05, 0) is 43.3 Å². The Balaban J connectivity index is 1.79. The lowest BCUT2D eigenvalue weighted by Gasteiger charge is -2.20. The number of anilines is 2. The highest BCUT2D eigenvalue weighted by Crippen LogP contribution is 2.25. The number of carbonyl (C=O) groups excluding carboxylic acids is 2. The molecule has 1 atom stereocenters. The van der Waals surface area contributed by atoms with E-state index in [4.69, 9.17) is 0 Å². The van der Waals surface area contributed by atoms with Gasteiger partial charge in [0.05, 0.1) is 10.6 Å². The zero-order valence-corrected chi connectivity index (χ0v) is 15.7. The first-order valence-electron chi connectivity index (χ1n) is 8.29. The average molecular weight is 385 g/mol. The molecule has 140 valence electrons. The van der Waals surface area contributed by atoms with Crippen molar-refractivity contribution in [2.45, 2.75) is 24.3 Å². The lowest BCUT2D eigenvalue weighted by atomic mass is 10.1. The summed E-state index contributed by atoms with van der Waals surface area (Å²) in [5.41, 5.74) is 1.43. The predicted octanol–water partition coefficient (Wildman–Crippen LogP) is 2.25. The molecular formula is C19H19N3O4S. The van der Waals surface area contributed by atoms with Crippen molar-refractivity contribution in [1.29, 1.82) is 0 Å². The summed E-state index contributed by atoms with van der Waals surface area (Å²) in [5, 5.41) is 8.59. The maximum absolute atomic E-state index is 12.5.